The second-order valence-electron chi connectivity index (χ2n) is 3.62. The van der Waals surface area contributed by atoms with Gasteiger partial charge < -0.3 is 0 Å². The number of nitrogens with zero attached hydrogens (tertiary/aromatic N) is 2. The minimum absolute atomic E-state index is 0.670. The van der Waals surface area contributed by atoms with E-state index in [1.807, 2.05) is 30.2 Å². The minimum Gasteiger partial charge on any atom is -0.287 e. The molecule has 1 aliphatic heterocycles. The fraction of sp³-hybridized carbons (Fsp3) is 0.364. The Morgan fingerprint density at radius 3 is 2.57 bits per heavy atom. The molecule has 0 spiro atoms. The highest BCUT2D eigenvalue weighted by Gasteiger charge is 2.18. The van der Waals surface area contributed by atoms with Crippen LogP contribution in [0.2, 0.25) is 0 Å². The van der Waals surface area contributed by atoms with Crippen molar-refractivity contribution >= 4 is 11.5 Å². The van der Waals surface area contributed by atoms with Crippen molar-refractivity contribution in [3.63, 3.8) is 0 Å². The second kappa shape index (κ2) is 3.33. The summed E-state index contributed by atoms with van der Waals surface area (Å²) in [5.41, 5.74) is 2.53. The lowest BCUT2D eigenvalue weighted by molar-refractivity contribution is 0.483. The van der Waals surface area contributed by atoms with Gasteiger partial charge in [-0.1, -0.05) is 18.2 Å². The number of amidine groups is 1. The summed E-state index contributed by atoms with van der Waals surface area (Å²) in [6.07, 6.45) is 1.78. The highest BCUT2D eigenvalue weighted by molar-refractivity contribution is 5.82. The lowest BCUT2D eigenvalue weighted by Crippen LogP contribution is -2.39. The molecule has 0 fully saturated rings. The first-order chi connectivity index (χ1) is 6.70. The topological polar surface area (TPSA) is 30.3 Å². The lowest BCUT2D eigenvalue weighted by atomic mass is 10.1. The predicted octanol–water partition coefficient (Wildman–Crippen LogP) is 1.89. The molecule has 0 saturated carbocycles. The number of benzene rings is 1. The zero-order valence-corrected chi connectivity index (χ0v) is 8.62. The maximum absolute atomic E-state index is 7.83. The third kappa shape index (κ3) is 1.35. The van der Waals surface area contributed by atoms with Crippen LogP contribution in [0.15, 0.2) is 24.3 Å². The van der Waals surface area contributed by atoms with Crippen LogP contribution in [0.4, 0.5) is 5.69 Å². The first kappa shape index (κ1) is 9.06. The molecule has 0 bridgehead atoms. The van der Waals surface area contributed by atoms with Crippen molar-refractivity contribution in [2.75, 3.05) is 19.1 Å². The largest absolute Gasteiger partial charge is 0.287 e. The van der Waals surface area contributed by atoms with Gasteiger partial charge in [-0.05, 0) is 18.1 Å². The van der Waals surface area contributed by atoms with E-state index < -0.39 is 0 Å². The summed E-state index contributed by atoms with van der Waals surface area (Å²) in [6, 6.07) is 8.34. The predicted molar refractivity (Wildman–Crippen MR) is 58.7 cm³/mol. The van der Waals surface area contributed by atoms with Gasteiger partial charge in [-0.25, -0.2) is 0 Å². The third-order valence-corrected chi connectivity index (χ3v) is 2.81. The van der Waals surface area contributed by atoms with Crippen molar-refractivity contribution in [1.29, 1.82) is 5.41 Å². The number of aryl methyl sites for hydroxylation is 1. The van der Waals surface area contributed by atoms with Crippen LogP contribution in [0.5, 0.6) is 0 Å². The van der Waals surface area contributed by atoms with E-state index in [1.165, 1.54) is 11.3 Å². The Labute approximate surface area is 84.4 Å². The Hall–Kier alpha value is -1.51. The highest BCUT2D eigenvalue weighted by Crippen LogP contribution is 2.25. The highest BCUT2D eigenvalue weighted by atomic mass is 15.6. The monoisotopic (exact) mass is 189 g/mol. The average molecular weight is 189 g/mol. The molecule has 0 unspecified atom stereocenters. The maximum atomic E-state index is 7.83. The van der Waals surface area contributed by atoms with Crippen molar-refractivity contribution in [3.8, 4) is 0 Å². The molecule has 1 aliphatic rings. The maximum Gasteiger partial charge on any atom is 0.115 e. The number of hydrazine groups is 1. The minimum atomic E-state index is 0.670. The summed E-state index contributed by atoms with van der Waals surface area (Å²) in [4.78, 5) is 0. The van der Waals surface area contributed by atoms with Gasteiger partial charge in [0.05, 0.1) is 5.69 Å². The van der Waals surface area contributed by atoms with Crippen LogP contribution in [0, 0.1) is 5.41 Å². The summed E-state index contributed by atoms with van der Waals surface area (Å²) in [5.74, 6) is 0.670. The molecule has 1 aromatic carbocycles. The smallest absolute Gasteiger partial charge is 0.115 e. The zero-order chi connectivity index (χ0) is 10.1. The van der Waals surface area contributed by atoms with Gasteiger partial charge in [0.1, 0.15) is 5.84 Å². The number of fused-ring (bicyclic) bond motifs is 1. The number of hydrogen-bond donors (Lipinski definition) is 1. The molecule has 74 valence electrons. The summed E-state index contributed by atoms with van der Waals surface area (Å²) in [6.45, 7) is 0. The van der Waals surface area contributed by atoms with Gasteiger partial charge in [0, 0.05) is 20.5 Å². The van der Waals surface area contributed by atoms with Gasteiger partial charge in [0.25, 0.3) is 0 Å². The van der Waals surface area contributed by atoms with Gasteiger partial charge in [-0.2, -0.15) is 0 Å². The van der Waals surface area contributed by atoms with Crippen LogP contribution < -0.4 is 5.01 Å². The van der Waals surface area contributed by atoms with E-state index in [9.17, 15) is 0 Å². The molecule has 1 N–H and O–H groups in total. The van der Waals surface area contributed by atoms with Crippen molar-refractivity contribution in [2.24, 2.45) is 0 Å². The molecular formula is C11H15N3. The molecule has 2 rings (SSSR count). The fourth-order valence-electron chi connectivity index (χ4n) is 1.80. The molecule has 0 saturated heterocycles. The molecule has 1 aromatic rings. The van der Waals surface area contributed by atoms with Gasteiger partial charge in [0.2, 0.25) is 0 Å². The normalized spacial score (nSPS) is 16.6. The Morgan fingerprint density at radius 1 is 1.07 bits per heavy atom. The quantitative estimate of drug-likeness (QED) is 0.675. The second-order valence-corrected chi connectivity index (χ2v) is 3.62. The summed E-state index contributed by atoms with van der Waals surface area (Å²) in [7, 11) is 3.93. The first-order valence-corrected chi connectivity index (χ1v) is 4.83. The number of para-hydroxylation sites is 1. The molecule has 1 heterocycles. The van der Waals surface area contributed by atoms with Gasteiger partial charge in [-0.3, -0.25) is 15.4 Å². The van der Waals surface area contributed by atoms with E-state index in [4.69, 9.17) is 5.41 Å². The SMILES string of the molecule is CN1C(=N)CCc2ccccc2N1C. The van der Waals surface area contributed by atoms with Gasteiger partial charge >= 0.3 is 0 Å². The van der Waals surface area contributed by atoms with E-state index in [1.54, 1.807) is 0 Å². The number of rotatable bonds is 0. The summed E-state index contributed by atoms with van der Waals surface area (Å²) >= 11 is 0. The van der Waals surface area contributed by atoms with Crippen molar-refractivity contribution < 1.29 is 0 Å². The molecule has 0 aromatic heterocycles. The van der Waals surface area contributed by atoms with Crippen molar-refractivity contribution in [3.05, 3.63) is 29.8 Å². The number of hydrogen-bond acceptors (Lipinski definition) is 2. The molecule has 0 atom stereocenters. The van der Waals surface area contributed by atoms with E-state index in [0.29, 0.717) is 5.84 Å². The van der Waals surface area contributed by atoms with Crippen LogP contribution in [0.1, 0.15) is 12.0 Å². The standard InChI is InChI=1S/C11H15N3/c1-13-10-6-4-3-5-9(10)7-8-11(12)14(13)2/h3-6,12H,7-8H2,1-2H3. The molecule has 0 radical (unpaired) electrons. The molecule has 0 aliphatic carbocycles. The number of anilines is 1. The molecule has 3 heteroatoms. The molecule has 14 heavy (non-hydrogen) atoms. The molecule has 3 nitrogen and oxygen atoms in total. The van der Waals surface area contributed by atoms with Crippen LogP contribution in [-0.2, 0) is 6.42 Å². The molecule has 0 amide bonds. The third-order valence-electron chi connectivity index (χ3n) is 2.81. The molecular weight excluding hydrogens is 174 g/mol. The average Bonchev–Trinajstić information content (AvgIpc) is 2.32. The van der Waals surface area contributed by atoms with E-state index in [2.05, 4.69) is 18.2 Å². The van der Waals surface area contributed by atoms with Crippen molar-refractivity contribution in [2.45, 2.75) is 12.8 Å². The summed E-state index contributed by atoms with van der Waals surface area (Å²) in [5, 5.41) is 11.8. The Bertz CT molecular complexity index is 359. The van der Waals surface area contributed by atoms with E-state index >= 15 is 0 Å². The van der Waals surface area contributed by atoms with Gasteiger partial charge in [-0.15, -0.1) is 0 Å². The van der Waals surface area contributed by atoms with E-state index in [-0.39, 0.29) is 0 Å². The zero-order valence-electron chi connectivity index (χ0n) is 8.62. The lowest BCUT2D eigenvalue weighted by Gasteiger charge is -2.30. The fourth-order valence-corrected chi connectivity index (χ4v) is 1.80. The van der Waals surface area contributed by atoms with Crippen LogP contribution >= 0.6 is 0 Å². The Morgan fingerprint density at radius 2 is 1.79 bits per heavy atom. The van der Waals surface area contributed by atoms with E-state index in [0.717, 1.165) is 12.8 Å². The number of nitrogens with one attached hydrogen (secondary N) is 1. The Balaban J connectivity index is 2.45. The van der Waals surface area contributed by atoms with Crippen molar-refractivity contribution in [1.82, 2.24) is 5.01 Å². The van der Waals surface area contributed by atoms with Crippen LogP contribution in [0.25, 0.3) is 0 Å². The van der Waals surface area contributed by atoms with Crippen LogP contribution in [-0.4, -0.2) is 24.9 Å². The van der Waals surface area contributed by atoms with Gasteiger partial charge in [0.15, 0.2) is 0 Å². The van der Waals surface area contributed by atoms with Crippen LogP contribution in [0.3, 0.4) is 0 Å². The Kier molecular flexibility index (Phi) is 2.15. The first-order valence-electron chi connectivity index (χ1n) is 4.83. The summed E-state index contributed by atoms with van der Waals surface area (Å²) < 4.78 is 0.